The van der Waals surface area contributed by atoms with Crippen LogP contribution in [0.2, 0.25) is 0 Å². The van der Waals surface area contributed by atoms with E-state index in [2.05, 4.69) is 25.6 Å². The molecule has 0 bridgehead atoms. The SMILES string of the molecule is NCCCCC(N)C(=O)NC(Cc1c[nH]c2ccccc12)C(=O)N1CCCC1C(=O)NC(Cc1cnc[nH]1)C(=O)O. The lowest BCUT2D eigenvalue weighted by Crippen LogP contribution is -2.57. The molecule has 0 radical (unpaired) electrons. The number of H-pyrrole nitrogens is 2. The van der Waals surface area contributed by atoms with E-state index in [1.165, 1.54) is 17.4 Å². The van der Waals surface area contributed by atoms with Crippen molar-refractivity contribution in [3.8, 4) is 0 Å². The van der Waals surface area contributed by atoms with Crippen LogP contribution in [-0.2, 0) is 32.0 Å². The van der Waals surface area contributed by atoms with E-state index in [9.17, 15) is 24.3 Å². The van der Waals surface area contributed by atoms with E-state index in [0.717, 1.165) is 22.9 Å². The Balaban J connectivity index is 1.51. The highest BCUT2D eigenvalue weighted by atomic mass is 16.4. The van der Waals surface area contributed by atoms with Gasteiger partial charge in [-0.3, -0.25) is 14.4 Å². The molecule has 4 unspecified atom stereocenters. The van der Waals surface area contributed by atoms with Crippen LogP contribution in [0.3, 0.4) is 0 Å². The smallest absolute Gasteiger partial charge is 0.326 e. The Hall–Kier alpha value is -4.23. The average Bonchev–Trinajstić information content (AvgIpc) is 3.73. The van der Waals surface area contributed by atoms with Crippen molar-refractivity contribution in [1.82, 2.24) is 30.5 Å². The number of aromatic nitrogens is 3. The minimum absolute atomic E-state index is 0.0169. The van der Waals surface area contributed by atoms with E-state index in [-0.39, 0.29) is 12.8 Å². The number of fused-ring (bicyclic) bond motifs is 1. The van der Waals surface area contributed by atoms with E-state index in [1.807, 2.05) is 24.3 Å². The third-order valence-corrected chi connectivity index (χ3v) is 7.45. The van der Waals surface area contributed by atoms with Gasteiger partial charge in [0.2, 0.25) is 17.7 Å². The molecule has 1 saturated heterocycles. The Labute approximate surface area is 237 Å². The van der Waals surface area contributed by atoms with E-state index in [0.29, 0.717) is 44.5 Å². The number of nitrogens with zero attached hydrogens (tertiary/aromatic N) is 2. The number of nitrogens with one attached hydrogen (secondary N) is 4. The van der Waals surface area contributed by atoms with Gasteiger partial charge in [-0.05, 0) is 43.9 Å². The number of nitrogens with two attached hydrogens (primary N) is 2. The number of aromatic amines is 2. The molecule has 9 N–H and O–H groups in total. The lowest BCUT2D eigenvalue weighted by molar-refractivity contribution is -0.144. The topological polar surface area (TPSA) is 212 Å². The van der Waals surface area contributed by atoms with Crippen molar-refractivity contribution in [2.75, 3.05) is 13.1 Å². The number of carbonyl (C=O) groups excluding carboxylic acids is 3. The van der Waals surface area contributed by atoms with Gasteiger partial charge in [0.25, 0.3) is 0 Å². The Bertz CT molecular complexity index is 1340. The third-order valence-electron chi connectivity index (χ3n) is 7.45. The number of imidazole rings is 1. The normalized spacial score (nSPS) is 17.2. The van der Waals surface area contributed by atoms with Crippen LogP contribution >= 0.6 is 0 Å². The predicted octanol–water partition coefficient (Wildman–Crippen LogP) is 0.178. The minimum Gasteiger partial charge on any atom is -0.480 e. The van der Waals surface area contributed by atoms with E-state index in [1.54, 1.807) is 6.20 Å². The molecule has 13 heteroatoms. The molecule has 1 fully saturated rings. The van der Waals surface area contributed by atoms with Crippen molar-refractivity contribution >= 4 is 34.6 Å². The largest absolute Gasteiger partial charge is 0.480 e. The van der Waals surface area contributed by atoms with E-state index < -0.39 is 47.9 Å². The molecule has 13 nitrogen and oxygen atoms in total. The molecule has 41 heavy (non-hydrogen) atoms. The zero-order valence-electron chi connectivity index (χ0n) is 22.8. The van der Waals surface area contributed by atoms with Gasteiger partial charge < -0.3 is 42.1 Å². The molecule has 1 aromatic carbocycles. The molecular formula is C28H38N8O5. The number of unbranched alkanes of at least 4 members (excludes halogenated alkanes) is 1. The summed E-state index contributed by atoms with van der Waals surface area (Å²) in [6, 6.07) is 3.79. The van der Waals surface area contributed by atoms with Crippen molar-refractivity contribution in [2.45, 2.75) is 69.1 Å². The summed E-state index contributed by atoms with van der Waals surface area (Å²) in [6.45, 7) is 0.803. The highest BCUT2D eigenvalue weighted by Gasteiger charge is 2.39. The number of para-hydroxylation sites is 1. The van der Waals surface area contributed by atoms with Crippen LogP contribution in [0.5, 0.6) is 0 Å². The first-order chi connectivity index (χ1) is 19.8. The average molecular weight is 567 g/mol. The van der Waals surface area contributed by atoms with E-state index >= 15 is 0 Å². The summed E-state index contributed by atoms with van der Waals surface area (Å²) in [6.07, 6.45) is 7.72. The molecule has 1 aliphatic rings. The van der Waals surface area contributed by atoms with Crippen molar-refractivity contribution in [3.05, 3.63) is 54.2 Å². The van der Waals surface area contributed by atoms with E-state index in [4.69, 9.17) is 11.5 Å². The quantitative estimate of drug-likeness (QED) is 0.133. The highest BCUT2D eigenvalue weighted by molar-refractivity contribution is 5.95. The van der Waals surface area contributed by atoms with Gasteiger partial charge in [-0.1, -0.05) is 24.6 Å². The lowest BCUT2D eigenvalue weighted by Gasteiger charge is -2.30. The number of carbonyl (C=O) groups is 4. The van der Waals surface area contributed by atoms with Crippen LogP contribution in [0.15, 0.2) is 43.0 Å². The molecule has 4 atom stereocenters. The number of carboxylic acid groups (broad SMARTS) is 1. The van der Waals surface area contributed by atoms with Crippen LogP contribution < -0.4 is 22.1 Å². The first-order valence-corrected chi connectivity index (χ1v) is 13.9. The first-order valence-electron chi connectivity index (χ1n) is 13.9. The van der Waals surface area contributed by atoms with Crippen LogP contribution in [-0.4, -0.2) is 85.9 Å². The van der Waals surface area contributed by atoms with Gasteiger partial charge >= 0.3 is 5.97 Å². The van der Waals surface area contributed by atoms with Crippen molar-refractivity contribution in [3.63, 3.8) is 0 Å². The minimum atomic E-state index is -1.20. The summed E-state index contributed by atoms with van der Waals surface area (Å²) in [5, 5.41) is 16.0. The lowest BCUT2D eigenvalue weighted by atomic mass is 10.0. The molecule has 0 spiro atoms. The zero-order chi connectivity index (χ0) is 29.4. The van der Waals surface area contributed by atoms with Crippen molar-refractivity contribution < 1.29 is 24.3 Å². The Morgan fingerprint density at radius 2 is 1.90 bits per heavy atom. The second-order valence-corrected chi connectivity index (χ2v) is 10.4. The summed E-state index contributed by atoms with van der Waals surface area (Å²) in [5.74, 6) is -2.63. The third kappa shape index (κ3) is 7.50. The fraction of sp³-hybridized carbons (Fsp3) is 0.464. The Morgan fingerprint density at radius 1 is 1.10 bits per heavy atom. The molecule has 4 rings (SSSR count). The van der Waals surface area contributed by atoms with Gasteiger partial charge in [0.15, 0.2) is 0 Å². The number of amides is 3. The first kappa shape index (κ1) is 29.7. The fourth-order valence-electron chi connectivity index (χ4n) is 5.23. The maximum atomic E-state index is 14.0. The van der Waals surface area contributed by atoms with Crippen LogP contribution in [0.25, 0.3) is 10.9 Å². The van der Waals surface area contributed by atoms with Gasteiger partial charge in [0.1, 0.15) is 18.1 Å². The number of benzene rings is 1. The maximum absolute atomic E-state index is 14.0. The predicted molar refractivity (Wildman–Crippen MR) is 151 cm³/mol. The van der Waals surface area contributed by atoms with Gasteiger partial charge in [-0.15, -0.1) is 0 Å². The fourth-order valence-corrected chi connectivity index (χ4v) is 5.23. The molecule has 0 aliphatic carbocycles. The molecule has 1 aliphatic heterocycles. The Morgan fingerprint density at radius 3 is 2.63 bits per heavy atom. The molecule has 3 aromatic rings. The van der Waals surface area contributed by atoms with Crippen LogP contribution in [0.4, 0.5) is 0 Å². The summed E-state index contributed by atoms with van der Waals surface area (Å²) in [4.78, 5) is 63.5. The number of likely N-dealkylation sites (tertiary alicyclic amines) is 1. The highest BCUT2D eigenvalue weighted by Crippen LogP contribution is 2.23. The maximum Gasteiger partial charge on any atom is 0.326 e. The number of aliphatic carboxylic acids is 1. The van der Waals surface area contributed by atoms with Crippen molar-refractivity contribution in [2.24, 2.45) is 11.5 Å². The summed E-state index contributed by atoms with van der Waals surface area (Å²) in [5.41, 5.74) is 14.0. The Kier molecular flexibility index (Phi) is 10.1. The summed E-state index contributed by atoms with van der Waals surface area (Å²) in [7, 11) is 0. The van der Waals surface area contributed by atoms with Crippen LogP contribution in [0.1, 0.15) is 43.4 Å². The van der Waals surface area contributed by atoms with Gasteiger partial charge in [0, 0.05) is 48.4 Å². The molecule has 3 amide bonds. The van der Waals surface area contributed by atoms with Gasteiger partial charge in [-0.2, -0.15) is 0 Å². The number of rotatable bonds is 14. The molecule has 220 valence electrons. The monoisotopic (exact) mass is 566 g/mol. The molecule has 2 aromatic heterocycles. The number of hydrogen-bond acceptors (Lipinski definition) is 7. The standard InChI is InChI=1S/C28H38N8O5/c29-10-4-3-7-20(30)25(37)34-22(12-17-14-32-21-8-2-1-6-19(17)21)27(39)36-11-5-9-24(36)26(38)35-23(28(40)41)13-18-15-31-16-33-18/h1-2,6,8,14-16,20,22-24,32H,3-5,7,9-13,29-30H2,(H,31,33)(H,34,37)(H,35,38)(H,40,41). The molecular weight excluding hydrogens is 528 g/mol. The number of carboxylic acids is 1. The zero-order valence-corrected chi connectivity index (χ0v) is 22.8. The van der Waals surface area contributed by atoms with Crippen molar-refractivity contribution in [1.29, 1.82) is 0 Å². The summed E-state index contributed by atoms with van der Waals surface area (Å²) < 4.78 is 0. The van der Waals surface area contributed by atoms with Crippen LogP contribution in [0, 0.1) is 0 Å². The molecule has 3 heterocycles. The second-order valence-electron chi connectivity index (χ2n) is 10.4. The molecule has 0 saturated carbocycles. The van der Waals surface area contributed by atoms with Gasteiger partial charge in [-0.25, -0.2) is 9.78 Å². The second kappa shape index (κ2) is 13.9. The van der Waals surface area contributed by atoms with Gasteiger partial charge in [0.05, 0.1) is 12.4 Å². The summed E-state index contributed by atoms with van der Waals surface area (Å²) >= 11 is 0. The number of hydrogen-bond donors (Lipinski definition) is 7.